The van der Waals surface area contributed by atoms with Gasteiger partial charge in [0.05, 0.1) is 4.97 Å². The minimum atomic E-state index is -2.42. The van der Waals surface area contributed by atoms with E-state index in [9.17, 15) is 0 Å². The van der Waals surface area contributed by atoms with Crippen molar-refractivity contribution in [2.75, 3.05) is 6.54 Å². The van der Waals surface area contributed by atoms with Crippen LogP contribution in [0.1, 0.15) is 0 Å². The summed E-state index contributed by atoms with van der Waals surface area (Å²) in [4.78, 5) is -2.42. The third kappa shape index (κ3) is 11.6. The van der Waals surface area contributed by atoms with Crippen LogP contribution in [-0.4, -0.2) is 43.6 Å². The summed E-state index contributed by atoms with van der Waals surface area (Å²) in [6, 6.07) is 0. The molecule has 0 rings (SSSR count). The van der Waals surface area contributed by atoms with E-state index >= 15 is 0 Å². The van der Waals surface area contributed by atoms with Crippen LogP contribution in [0.3, 0.4) is 0 Å². The first-order valence-corrected chi connectivity index (χ1v) is 1.84. The minimum Gasteiger partial charge on any atom is -1.00 e. The first-order chi connectivity index (χ1) is 3.42. The van der Waals surface area contributed by atoms with Crippen LogP contribution < -0.4 is 12.4 Å². The molecule has 0 saturated carbocycles. The van der Waals surface area contributed by atoms with Crippen molar-refractivity contribution >= 4 is 0 Å². The zero-order chi connectivity index (χ0) is 6.78. The van der Waals surface area contributed by atoms with Crippen molar-refractivity contribution in [2.24, 2.45) is 0 Å². The van der Waals surface area contributed by atoms with Crippen molar-refractivity contribution in [3.63, 3.8) is 0 Å². The molecule has 58 valence electrons. The molecule has 6 nitrogen and oxygen atoms in total. The first kappa shape index (κ1) is 11.8. The Hall–Kier alpha value is 0.0500. The predicted molar refractivity (Wildman–Crippen MR) is 18.7 cm³/mol. The van der Waals surface area contributed by atoms with Crippen molar-refractivity contribution in [1.82, 2.24) is 0 Å². The number of hydrogen-bond donors (Lipinski definition) is 5. The number of aliphatic hydroxyl groups is 2. The molecule has 0 aromatic heterocycles. The monoisotopic (exact) mass is 161 g/mol. The summed E-state index contributed by atoms with van der Waals surface area (Å²) in [7, 11) is 0. The van der Waals surface area contributed by atoms with E-state index in [0.717, 1.165) is 0 Å². The molecule has 0 aliphatic heterocycles. The van der Waals surface area contributed by atoms with E-state index in [1.54, 1.807) is 0 Å². The molecule has 0 radical (unpaired) electrons. The lowest BCUT2D eigenvalue weighted by Gasteiger charge is -2.11. The van der Waals surface area contributed by atoms with E-state index in [-0.39, 0.29) is 12.4 Å². The fourth-order valence-electron chi connectivity index (χ4n) is 0.219. The first-order valence-electron chi connectivity index (χ1n) is 1.84. The number of nitrogens with zero attached hydrogens (tertiary/aromatic N) is 1. The second kappa shape index (κ2) is 3.96. The molecule has 7 heteroatoms. The SMILES string of the molecule is OC(O)C[N+](O)(O)O.[Cl-]. The lowest BCUT2D eigenvalue weighted by molar-refractivity contribution is -1.37. The number of quaternary nitrogens is 1. The maximum absolute atomic E-state index is 7.95. The van der Waals surface area contributed by atoms with Crippen LogP contribution in [-0.2, 0) is 0 Å². The molecule has 0 heterocycles. The molecule has 0 aromatic carbocycles. The van der Waals surface area contributed by atoms with E-state index in [2.05, 4.69) is 0 Å². The van der Waals surface area contributed by atoms with Gasteiger partial charge in [-0.05, 0) is 0 Å². The van der Waals surface area contributed by atoms with E-state index in [4.69, 9.17) is 25.8 Å². The normalized spacial score (nSPS) is 11.3. The Balaban J connectivity index is 0. The standard InChI is InChI=1S/C2H8NO5.ClH/c4-2(5)1-3(6,7)8;/h2,4-8H,1H2;1H/q+1;/p-1. The maximum Gasteiger partial charge on any atom is 0.227 e. The second-order valence-electron chi connectivity index (χ2n) is 1.36. The second-order valence-corrected chi connectivity index (χ2v) is 1.36. The molecular formula is C2H8ClNO5. The number of hydrogen-bond acceptors (Lipinski definition) is 5. The Bertz CT molecular complexity index is 69.8. The fourth-order valence-corrected chi connectivity index (χ4v) is 0.219. The molecule has 0 amide bonds. The average Bonchev–Trinajstić information content (AvgIpc) is 1.21. The van der Waals surface area contributed by atoms with E-state index in [0.29, 0.717) is 0 Å². The zero-order valence-corrected chi connectivity index (χ0v) is 5.10. The van der Waals surface area contributed by atoms with Gasteiger partial charge in [-0.25, -0.2) is 0 Å². The van der Waals surface area contributed by atoms with Crippen LogP contribution in [0.2, 0.25) is 0 Å². The molecule has 0 saturated heterocycles. The van der Waals surface area contributed by atoms with Crippen LogP contribution in [0.5, 0.6) is 0 Å². The van der Waals surface area contributed by atoms with Gasteiger partial charge >= 0.3 is 0 Å². The largest absolute Gasteiger partial charge is 1.00 e. The molecule has 0 atom stereocenters. The Morgan fingerprint density at radius 3 is 1.44 bits per heavy atom. The number of rotatable bonds is 2. The summed E-state index contributed by atoms with van der Waals surface area (Å²) in [5.41, 5.74) is 0. The highest BCUT2D eigenvalue weighted by molar-refractivity contribution is 4.21. The van der Waals surface area contributed by atoms with Crippen molar-refractivity contribution < 1.29 is 43.2 Å². The highest BCUT2D eigenvalue weighted by Gasteiger charge is 2.22. The van der Waals surface area contributed by atoms with Gasteiger partial charge in [0, 0.05) is 0 Å². The van der Waals surface area contributed by atoms with Gasteiger partial charge < -0.3 is 22.6 Å². The van der Waals surface area contributed by atoms with Gasteiger partial charge in [0.2, 0.25) is 12.8 Å². The number of aliphatic hydroxyl groups excluding tert-OH is 1. The summed E-state index contributed by atoms with van der Waals surface area (Å²) >= 11 is 0. The topological polar surface area (TPSA) is 101 Å². The summed E-state index contributed by atoms with van der Waals surface area (Å²) in [6.45, 7) is -0.958. The molecule has 0 bridgehead atoms. The lowest BCUT2D eigenvalue weighted by Crippen LogP contribution is -3.00. The summed E-state index contributed by atoms with van der Waals surface area (Å²) in [6.07, 6.45) is -1.94. The maximum atomic E-state index is 7.95. The third-order valence-electron chi connectivity index (χ3n) is 0.408. The molecule has 0 aliphatic rings. The average molecular weight is 162 g/mol. The molecule has 0 spiro atoms. The van der Waals surface area contributed by atoms with Crippen LogP contribution in [0.4, 0.5) is 0 Å². The zero-order valence-electron chi connectivity index (χ0n) is 4.35. The van der Waals surface area contributed by atoms with Gasteiger partial charge in [-0.1, -0.05) is 0 Å². The molecular weight excluding hydrogens is 153 g/mol. The predicted octanol–water partition coefficient (Wildman–Crippen LogP) is -4.71. The van der Waals surface area contributed by atoms with E-state index in [1.165, 1.54) is 0 Å². The Kier molecular flexibility index (Phi) is 5.19. The summed E-state index contributed by atoms with van der Waals surface area (Å²) in [5, 5.41) is 39.6. The highest BCUT2D eigenvalue weighted by atomic mass is 35.5. The summed E-state index contributed by atoms with van der Waals surface area (Å²) < 4.78 is 0. The highest BCUT2D eigenvalue weighted by Crippen LogP contribution is 1.88. The van der Waals surface area contributed by atoms with Crippen molar-refractivity contribution in [3.8, 4) is 0 Å². The lowest BCUT2D eigenvalue weighted by atomic mass is 10.6. The molecule has 5 N–H and O–H groups in total. The molecule has 0 aliphatic carbocycles. The van der Waals surface area contributed by atoms with Gasteiger partial charge in [-0.3, -0.25) is 0 Å². The molecule has 0 fully saturated rings. The summed E-state index contributed by atoms with van der Waals surface area (Å²) in [5.74, 6) is 0. The molecule has 0 unspecified atom stereocenters. The van der Waals surface area contributed by atoms with Crippen LogP contribution in [0, 0.1) is 0 Å². The van der Waals surface area contributed by atoms with Crippen molar-refractivity contribution in [3.05, 3.63) is 0 Å². The van der Waals surface area contributed by atoms with Gasteiger partial charge in [-0.15, -0.1) is 15.6 Å². The van der Waals surface area contributed by atoms with E-state index < -0.39 is 17.8 Å². The van der Waals surface area contributed by atoms with E-state index in [1.807, 2.05) is 0 Å². The Labute approximate surface area is 57.1 Å². The van der Waals surface area contributed by atoms with Crippen molar-refractivity contribution in [2.45, 2.75) is 6.29 Å². The molecule has 9 heavy (non-hydrogen) atoms. The minimum absolute atomic E-state index is 0. The number of hydroxylamine groups is 3. The van der Waals surface area contributed by atoms with Crippen LogP contribution in [0.15, 0.2) is 0 Å². The van der Waals surface area contributed by atoms with Crippen LogP contribution in [0.25, 0.3) is 0 Å². The quantitative estimate of drug-likeness (QED) is 0.159. The Morgan fingerprint density at radius 1 is 1.11 bits per heavy atom. The number of halogens is 1. The van der Waals surface area contributed by atoms with Crippen molar-refractivity contribution in [1.29, 1.82) is 0 Å². The van der Waals surface area contributed by atoms with Gasteiger partial charge in [-0.2, -0.15) is 0 Å². The van der Waals surface area contributed by atoms with Gasteiger partial charge in [0.15, 0.2) is 0 Å². The van der Waals surface area contributed by atoms with Gasteiger partial charge in [0.1, 0.15) is 0 Å². The smallest absolute Gasteiger partial charge is 0.227 e. The fraction of sp³-hybridized carbons (Fsp3) is 1.00. The van der Waals surface area contributed by atoms with Gasteiger partial charge in [0.25, 0.3) is 0 Å². The third-order valence-corrected chi connectivity index (χ3v) is 0.408. The van der Waals surface area contributed by atoms with Crippen LogP contribution >= 0.6 is 0 Å². The Morgan fingerprint density at radius 2 is 1.44 bits per heavy atom. The molecule has 0 aromatic rings.